The van der Waals surface area contributed by atoms with Crippen LogP contribution in [0.25, 0.3) is 0 Å². The summed E-state index contributed by atoms with van der Waals surface area (Å²) in [6, 6.07) is 7.83. The van der Waals surface area contributed by atoms with Gasteiger partial charge in [-0.05, 0) is 24.6 Å². The zero-order valence-corrected chi connectivity index (χ0v) is 11.8. The molecular formula is C16H17N3O2. The van der Waals surface area contributed by atoms with Gasteiger partial charge in [0.2, 0.25) is 5.91 Å². The molecule has 3 rings (SSSR count). The molecule has 0 bridgehead atoms. The molecular weight excluding hydrogens is 266 g/mol. The molecule has 5 nitrogen and oxygen atoms in total. The van der Waals surface area contributed by atoms with Gasteiger partial charge >= 0.3 is 0 Å². The van der Waals surface area contributed by atoms with E-state index in [2.05, 4.69) is 22.1 Å². The van der Waals surface area contributed by atoms with Gasteiger partial charge in [-0.3, -0.25) is 9.89 Å². The molecule has 2 heterocycles. The van der Waals surface area contributed by atoms with Gasteiger partial charge in [0.1, 0.15) is 12.4 Å². The highest BCUT2D eigenvalue weighted by atomic mass is 16.5. The van der Waals surface area contributed by atoms with Gasteiger partial charge in [-0.1, -0.05) is 24.8 Å². The quantitative estimate of drug-likeness (QED) is 0.848. The second-order valence-corrected chi connectivity index (χ2v) is 5.08. The van der Waals surface area contributed by atoms with Crippen LogP contribution in [0, 0.1) is 6.92 Å². The Morgan fingerprint density at radius 2 is 2.19 bits per heavy atom. The summed E-state index contributed by atoms with van der Waals surface area (Å²) in [7, 11) is 0. The molecule has 0 saturated heterocycles. The van der Waals surface area contributed by atoms with E-state index in [4.69, 9.17) is 4.74 Å². The van der Waals surface area contributed by atoms with Gasteiger partial charge in [-0.2, -0.15) is 5.10 Å². The molecule has 5 heteroatoms. The number of amides is 1. The first kappa shape index (κ1) is 13.4. The number of hydrogen-bond acceptors (Lipinski definition) is 3. The minimum atomic E-state index is -0.00835. The molecule has 21 heavy (non-hydrogen) atoms. The molecule has 1 aliphatic heterocycles. The van der Waals surface area contributed by atoms with Crippen molar-refractivity contribution in [1.82, 2.24) is 10.2 Å². The van der Waals surface area contributed by atoms with Crippen LogP contribution in [0.5, 0.6) is 5.75 Å². The lowest BCUT2D eigenvalue weighted by atomic mass is 9.86. The Bertz CT molecular complexity index is 673. The first-order chi connectivity index (χ1) is 10.2. The molecule has 1 aliphatic rings. The van der Waals surface area contributed by atoms with E-state index in [0.29, 0.717) is 18.8 Å². The molecule has 108 valence electrons. The van der Waals surface area contributed by atoms with E-state index in [1.807, 2.05) is 31.2 Å². The number of rotatable bonds is 4. The number of anilines is 1. The van der Waals surface area contributed by atoms with Crippen LogP contribution in [0.4, 0.5) is 5.82 Å². The van der Waals surface area contributed by atoms with Crippen molar-refractivity contribution >= 4 is 11.7 Å². The summed E-state index contributed by atoms with van der Waals surface area (Å²) < 4.78 is 5.48. The molecule has 0 radical (unpaired) electrons. The van der Waals surface area contributed by atoms with Crippen LogP contribution in [-0.4, -0.2) is 22.7 Å². The van der Waals surface area contributed by atoms with Crippen molar-refractivity contribution in [3.63, 3.8) is 0 Å². The fourth-order valence-electron chi connectivity index (χ4n) is 2.67. The third-order valence-electron chi connectivity index (χ3n) is 3.64. The number of carbonyl (C=O) groups is 1. The van der Waals surface area contributed by atoms with Crippen molar-refractivity contribution in [1.29, 1.82) is 0 Å². The maximum atomic E-state index is 11.8. The molecule has 2 aromatic rings. The highest BCUT2D eigenvalue weighted by Crippen LogP contribution is 2.38. The van der Waals surface area contributed by atoms with Crippen LogP contribution < -0.4 is 10.1 Å². The van der Waals surface area contributed by atoms with Crippen molar-refractivity contribution < 1.29 is 9.53 Å². The van der Waals surface area contributed by atoms with Crippen LogP contribution in [0.3, 0.4) is 0 Å². The minimum Gasteiger partial charge on any atom is -0.490 e. The predicted molar refractivity (Wildman–Crippen MR) is 80.5 cm³/mol. The Labute approximate surface area is 123 Å². The van der Waals surface area contributed by atoms with Crippen molar-refractivity contribution in [2.75, 3.05) is 11.9 Å². The van der Waals surface area contributed by atoms with Crippen LogP contribution in [-0.2, 0) is 4.79 Å². The van der Waals surface area contributed by atoms with E-state index in [9.17, 15) is 4.79 Å². The number of aryl methyl sites for hydroxylation is 1. The third-order valence-corrected chi connectivity index (χ3v) is 3.64. The number of hydrogen-bond donors (Lipinski definition) is 2. The monoisotopic (exact) mass is 283 g/mol. The molecule has 2 N–H and O–H groups in total. The second kappa shape index (κ2) is 5.44. The van der Waals surface area contributed by atoms with Crippen LogP contribution in [0.15, 0.2) is 36.9 Å². The maximum absolute atomic E-state index is 11.8. The lowest BCUT2D eigenvalue weighted by molar-refractivity contribution is -0.116. The number of fused-ring (bicyclic) bond motifs is 1. The van der Waals surface area contributed by atoms with Gasteiger partial charge in [-0.25, -0.2) is 0 Å². The fourth-order valence-corrected chi connectivity index (χ4v) is 2.67. The number of carbonyl (C=O) groups excluding carboxylic acids is 1. The van der Waals surface area contributed by atoms with Crippen molar-refractivity contribution in [3.05, 3.63) is 53.7 Å². The largest absolute Gasteiger partial charge is 0.490 e. The molecule has 1 aromatic heterocycles. The van der Waals surface area contributed by atoms with E-state index in [0.717, 1.165) is 22.6 Å². The predicted octanol–water partition coefficient (Wildman–Crippen LogP) is 2.76. The van der Waals surface area contributed by atoms with Gasteiger partial charge < -0.3 is 10.1 Å². The fraction of sp³-hybridized carbons (Fsp3) is 0.250. The summed E-state index contributed by atoms with van der Waals surface area (Å²) in [5, 5.41) is 9.89. The molecule has 1 amide bonds. The van der Waals surface area contributed by atoms with Crippen molar-refractivity contribution in [3.8, 4) is 5.75 Å². The zero-order chi connectivity index (χ0) is 14.8. The summed E-state index contributed by atoms with van der Waals surface area (Å²) in [5.74, 6) is 1.45. The average molecular weight is 283 g/mol. The lowest BCUT2D eigenvalue weighted by Crippen LogP contribution is -2.23. The third kappa shape index (κ3) is 2.54. The van der Waals surface area contributed by atoms with Gasteiger partial charge in [0.05, 0.1) is 0 Å². The van der Waals surface area contributed by atoms with Gasteiger partial charge in [-0.15, -0.1) is 0 Å². The number of nitrogens with one attached hydrogen (secondary N) is 2. The summed E-state index contributed by atoms with van der Waals surface area (Å²) in [6.45, 7) is 6.08. The Morgan fingerprint density at radius 3 is 2.90 bits per heavy atom. The molecule has 0 aliphatic carbocycles. The van der Waals surface area contributed by atoms with Crippen LogP contribution >= 0.6 is 0 Å². The number of nitrogens with zero attached hydrogens (tertiary/aromatic N) is 1. The molecule has 0 saturated carbocycles. The highest BCUT2D eigenvalue weighted by molar-refractivity contribution is 5.94. The standard InChI is InChI=1S/C16H17N3O2/c1-3-8-21-12-6-4-11(5-7-12)13-9-14(20)17-16-15(13)10(2)18-19-16/h3-7,13H,1,8-9H2,2H3,(H2,17,18,19,20). The Balaban J connectivity index is 1.91. The maximum Gasteiger partial charge on any atom is 0.226 e. The van der Waals surface area contributed by atoms with Crippen molar-refractivity contribution in [2.24, 2.45) is 0 Å². The minimum absolute atomic E-state index is 0.00835. The van der Waals surface area contributed by atoms with E-state index < -0.39 is 0 Å². The van der Waals surface area contributed by atoms with E-state index >= 15 is 0 Å². The number of benzene rings is 1. The summed E-state index contributed by atoms with van der Waals surface area (Å²) in [6.07, 6.45) is 2.14. The molecule has 1 atom stereocenters. The number of H-pyrrole nitrogens is 1. The molecule has 1 unspecified atom stereocenters. The SMILES string of the molecule is C=CCOc1ccc(C2CC(=O)Nc3n[nH]c(C)c32)cc1. The first-order valence-electron chi connectivity index (χ1n) is 6.87. The zero-order valence-electron chi connectivity index (χ0n) is 11.8. The topological polar surface area (TPSA) is 67.0 Å². The average Bonchev–Trinajstić information content (AvgIpc) is 2.86. The normalized spacial score (nSPS) is 17.0. The Morgan fingerprint density at radius 1 is 1.43 bits per heavy atom. The van der Waals surface area contributed by atoms with Crippen molar-refractivity contribution in [2.45, 2.75) is 19.3 Å². The van der Waals surface area contributed by atoms with Gasteiger partial charge in [0.25, 0.3) is 0 Å². The summed E-state index contributed by atoms with van der Waals surface area (Å²) in [5.41, 5.74) is 3.14. The van der Waals surface area contributed by atoms with E-state index in [1.165, 1.54) is 0 Å². The molecule has 1 aromatic carbocycles. The Hall–Kier alpha value is -2.56. The van der Waals surface area contributed by atoms with Gasteiger partial charge in [0.15, 0.2) is 5.82 Å². The van der Waals surface area contributed by atoms with E-state index in [1.54, 1.807) is 6.08 Å². The molecule has 0 fully saturated rings. The van der Waals surface area contributed by atoms with Gasteiger partial charge in [0, 0.05) is 23.6 Å². The lowest BCUT2D eigenvalue weighted by Gasteiger charge is -2.23. The number of aromatic amines is 1. The number of ether oxygens (including phenoxy) is 1. The van der Waals surface area contributed by atoms with Crippen LogP contribution in [0.1, 0.15) is 29.2 Å². The number of aromatic nitrogens is 2. The molecule has 0 spiro atoms. The highest BCUT2D eigenvalue weighted by Gasteiger charge is 2.30. The summed E-state index contributed by atoms with van der Waals surface area (Å²) in [4.78, 5) is 11.8. The Kier molecular flexibility index (Phi) is 3.48. The first-order valence-corrected chi connectivity index (χ1v) is 6.87. The second-order valence-electron chi connectivity index (χ2n) is 5.08. The smallest absolute Gasteiger partial charge is 0.226 e. The summed E-state index contributed by atoms with van der Waals surface area (Å²) >= 11 is 0. The van der Waals surface area contributed by atoms with E-state index in [-0.39, 0.29) is 11.8 Å². The van der Waals surface area contributed by atoms with Crippen LogP contribution in [0.2, 0.25) is 0 Å².